The van der Waals surface area contributed by atoms with Gasteiger partial charge < -0.3 is 5.32 Å². The molecule has 2 nitrogen and oxygen atoms in total. The fraction of sp³-hybridized carbons (Fsp3) is 0.929. The van der Waals surface area contributed by atoms with Crippen LogP contribution in [0.25, 0.3) is 0 Å². The zero-order chi connectivity index (χ0) is 12.8. The highest BCUT2D eigenvalue weighted by atomic mass is 79.9. The number of carbonyl (C=O) groups is 1. The predicted octanol–water partition coefficient (Wildman–Crippen LogP) is 3.47. The summed E-state index contributed by atoms with van der Waals surface area (Å²) < 4.78 is 0. The molecule has 4 bridgehead atoms. The molecule has 0 aromatic rings. The number of carbonyl (C=O) groups excluding carboxylic acids is 1. The Morgan fingerprint density at radius 2 is 1.94 bits per heavy atom. The standard InChI is InChI=1S/C14H21BrClNO/c15-2-1-12(18)17-9-13-4-10-3-11(5-13)7-14(16,6-10)8-13/h10-11H,1-9H2,(H,17,18). The Bertz CT molecular complexity index is 346. The van der Waals surface area contributed by atoms with Crippen molar-refractivity contribution in [1.29, 1.82) is 0 Å². The van der Waals surface area contributed by atoms with Crippen LogP contribution >= 0.6 is 27.5 Å². The zero-order valence-corrected chi connectivity index (χ0v) is 13.0. The summed E-state index contributed by atoms with van der Waals surface area (Å²) in [5.41, 5.74) is 0.313. The van der Waals surface area contributed by atoms with E-state index in [-0.39, 0.29) is 10.8 Å². The maximum atomic E-state index is 11.6. The normalized spacial score (nSPS) is 45.2. The van der Waals surface area contributed by atoms with E-state index in [2.05, 4.69) is 21.2 Å². The number of nitrogens with one attached hydrogen (secondary N) is 1. The molecule has 0 aliphatic heterocycles. The molecule has 2 atom stereocenters. The van der Waals surface area contributed by atoms with E-state index in [1.807, 2.05) is 0 Å². The lowest BCUT2D eigenvalue weighted by Crippen LogP contribution is -2.56. The molecule has 4 rings (SSSR count). The minimum Gasteiger partial charge on any atom is -0.356 e. The highest BCUT2D eigenvalue weighted by molar-refractivity contribution is 9.09. The molecule has 4 aliphatic carbocycles. The summed E-state index contributed by atoms with van der Waals surface area (Å²) in [6, 6.07) is 0. The molecular weight excluding hydrogens is 314 g/mol. The molecular formula is C14H21BrClNO. The Balaban J connectivity index is 1.66. The molecule has 0 radical (unpaired) electrons. The lowest BCUT2D eigenvalue weighted by atomic mass is 9.49. The number of alkyl halides is 2. The molecule has 4 heteroatoms. The predicted molar refractivity (Wildman–Crippen MR) is 77.1 cm³/mol. The molecule has 0 aromatic heterocycles. The second kappa shape index (κ2) is 4.66. The summed E-state index contributed by atoms with van der Waals surface area (Å²) in [5, 5.41) is 3.88. The fourth-order valence-electron chi connectivity index (χ4n) is 5.00. The molecule has 1 N–H and O–H groups in total. The van der Waals surface area contributed by atoms with Crippen LogP contribution in [-0.2, 0) is 4.79 Å². The molecule has 18 heavy (non-hydrogen) atoms. The summed E-state index contributed by atoms with van der Waals surface area (Å²) in [6.07, 6.45) is 8.06. The third-order valence-electron chi connectivity index (χ3n) is 5.09. The van der Waals surface area contributed by atoms with Crippen molar-refractivity contribution in [3.8, 4) is 0 Å². The van der Waals surface area contributed by atoms with Crippen LogP contribution in [0.1, 0.15) is 44.9 Å². The first-order chi connectivity index (χ1) is 8.53. The Morgan fingerprint density at radius 1 is 1.28 bits per heavy atom. The summed E-state index contributed by atoms with van der Waals surface area (Å²) >= 11 is 10.1. The van der Waals surface area contributed by atoms with E-state index < -0.39 is 0 Å². The van der Waals surface area contributed by atoms with Crippen molar-refractivity contribution in [2.45, 2.75) is 49.8 Å². The van der Waals surface area contributed by atoms with Gasteiger partial charge in [-0.1, -0.05) is 15.9 Å². The van der Waals surface area contributed by atoms with Crippen molar-refractivity contribution in [3.63, 3.8) is 0 Å². The van der Waals surface area contributed by atoms with E-state index in [9.17, 15) is 4.79 Å². The number of halogens is 2. The molecule has 0 heterocycles. The van der Waals surface area contributed by atoms with Gasteiger partial charge in [-0.15, -0.1) is 11.6 Å². The molecule has 0 spiro atoms. The Morgan fingerprint density at radius 3 is 2.50 bits per heavy atom. The van der Waals surface area contributed by atoms with E-state index in [4.69, 9.17) is 11.6 Å². The average molecular weight is 335 g/mol. The van der Waals surface area contributed by atoms with Gasteiger partial charge in [-0.25, -0.2) is 0 Å². The summed E-state index contributed by atoms with van der Waals surface area (Å²) in [5.74, 6) is 1.81. The van der Waals surface area contributed by atoms with Gasteiger partial charge >= 0.3 is 0 Å². The molecule has 4 saturated carbocycles. The highest BCUT2D eigenvalue weighted by Gasteiger charge is 2.56. The van der Waals surface area contributed by atoms with Crippen LogP contribution in [-0.4, -0.2) is 22.7 Å². The number of hydrogen-bond donors (Lipinski definition) is 1. The van der Waals surface area contributed by atoms with E-state index in [1.54, 1.807) is 0 Å². The minimum absolute atomic E-state index is 0.0598. The summed E-state index contributed by atoms with van der Waals surface area (Å²) in [6.45, 7) is 0.848. The second-order valence-electron chi connectivity index (χ2n) is 6.83. The van der Waals surface area contributed by atoms with Gasteiger partial charge in [0.2, 0.25) is 5.91 Å². The lowest BCUT2D eigenvalue weighted by molar-refractivity contribution is -0.122. The van der Waals surface area contributed by atoms with Gasteiger partial charge in [0, 0.05) is 23.2 Å². The van der Waals surface area contributed by atoms with Crippen LogP contribution in [0.2, 0.25) is 0 Å². The maximum Gasteiger partial charge on any atom is 0.220 e. The van der Waals surface area contributed by atoms with Crippen molar-refractivity contribution in [1.82, 2.24) is 5.32 Å². The van der Waals surface area contributed by atoms with Gasteiger partial charge in [-0.2, -0.15) is 0 Å². The summed E-state index contributed by atoms with van der Waals surface area (Å²) in [7, 11) is 0. The first-order valence-corrected chi connectivity index (χ1v) is 8.54. The Labute approximate surface area is 122 Å². The van der Waals surface area contributed by atoms with Crippen molar-refractivity contribution < 1.29 is 4.79 Å². The van der Waals surface area contributed by atoms with Gasteiger partial charge in [-0.05, 0) is 55.8 Å². The second-order valence-corrected chi connectivity index (χ2v) is 8.42. The van der Waals surface area contributed by atoms with Crippen molar-refractivity contribution in [2.75, 3.05) is 11.9 Å². The third kappa shape index (κ3) is 2.45. The van der Waals surface area contributed by atoms with Crippen LogP contribution < -0.4 is 5.32 Å². The monoisotopic (exact) mass is 333 g/mol. The summed E-state index contributed by atoms with van der Waals surface area (Å²) in [4.78, 5) is 11.7. The average Bonchev–Trinajstić information content (AvgIpc) is 2.23. The van der Waals surface area contributed by atoms with Crippen molar-refractivity contribution in [3.05, 3.63) is 0 Å². The smallest absolute Gasteiger partial charge is 0.220 e. The van der Waals surface area contributed by atoms with Crippen LogP contribution in [0.3, 0.4) is 0 Å². The largest absolute Gasteiger partial charge is 0.356 e. The Kier molecular flexibility index (Phi) is 3.43. The van der Waals surface area contributed by atoms with Crippen molar-refractivity contribution >= 4 is 33.4 Å². The van der Waals surface area contributed by atoms with Crippen LogP contribution in [0, 0.1) is 17.3 Å². The molecule has 2 unspecified atom stereocenters. The van der Waals surface area contributed by atoms with Crippen LogP contribution in [0.4, 0.5) is 0 Å². The molecule has 1 amide bonds. The quantitative estimate of drug-likeness (QED) is 0.784. The number of rotatable bonds is 4. The van der Waals surface area contributed by atoms with E-state index in [0.717, 1.165) is 30.1 Å². The fourth-order valence-corrected chi connectivity index (χ4v) is 6.08. The maximum absolute atomic E-state index is 11.6. The minimum atomic E-state index is 0.0598. The van der Waals surface area contributed by atoms with Gasteiger partial charge in [0.05, 0.1) is 0 Å². The van der Waals surface area contributed by atoms with Gasteiger partial charge in [0.1, 0.15) is 0 Å². The van der Waals surface area contributed by atoms with E-state index in [1.165, 1.54) is 32.1 Å². The number of hydrogen-bond acceptors (Lipinski definition) is 1. The van der Waals surface area contributed by atoms with Crippen molar-refractivity contribution in [2.24, 2.45) is 17.3 Å². The third-order valence-corrected chi connectivity index (χ3v) is 5.93. The van der Waals surface area contributed by atoms with Gasteiger partial charge in [-0.3, -0.25) is 4.79 Å². The molecule has 0 aromatic carbocycles. The van der Waals surface area contributed by atoms with Gasteiger partial charge in [0.15, 0.2) is 0 Å². The number of amides is 1. The molecule has 4 aliphatic rings. The lowest BCUT2D eigenvalue weighted by Gasteiger charge is -2.60. The zero-order valence-electron chi connectivity index (χ0n) is 10.7. The van der Waals surface area contributed by atoms with Gasteiger partial charge in [0.25, 0.3) is 0 Å². The first-order valence-electron chi connectivity index (χ1n) is 7.04. The molecule has 4 fully saturated rings. The SMILES string of the molecule is O=C(CCBr)NCC12CC3CC(CC(Cl)(C3)C1)C2. The van der Waals surface area contributed by atoms with Crippen LogP contribution in [0.15, 0.2) is 0 Å². The topological polar surface area (TPSA) is 29.1 Å². The van der Waals surface area contributed by atoms with E-state index >= 15 is 0 Å². The molecule has 102 valence electrons. The van der Waals surface area contributed by atoms with E-state index in [0.29, 0.717) is 11.8 Å². The highest BCUT2D eigenvalue weighted by Crippen LogP contribution is 2.63. The Hall–Kier alpha value is 0.240. The molecule has 0 saturated heterocycles. The first kappa shape index (κ1) is 13.2. The van der Waals surface area contributed by atoms with Crippen LogP contribution in [0.5, 0.6) is 0 Å².